The first-order valence-electron chi connectivity index (χ1n) is 7.44. The number of fused-ring (bicyclic) bond motifs is 1. The number of aromatic nitrogens is 1. The summed E-state index contributed by atoms with van der Waals surface area (Å²) in [4.78, 5) is 35.1. The first-order valence-corrected chi connectivity index (χ1v) is 8.26. The van der Waals surface area contributed by atoms with Crippen LogP contribution in [0.5, 0.6) is 5.75 Å². The maximum absolute atomic E-state index is 12.0. The van der Waals surface area contributed by atoms with Gasteiger partial charge in [0.2, 0.25) is 0 Å². The Kier molecular flexibility index (Phi) is 4.57. The van der Waals surface area contributed by atoms with Crippen LogP contribution in [0.1, 0.15) is 23.7 Å². The zero-order valence-corrected chi connectivity index (χ0v) is 13.8. The van der Waals surface area contributed by atoms with Gasteiger partial charge in [-0.2, -0.15) is 0 Å². The van der Waals surface area contributed by atoms with Gasteiger partial charge in [-0.05, 0) is 43.3 Å². The standard InChI is InChI=1S/C18H15NO4S/c1-12(20)13-6-8-14(9-7-13)23-17(21)10-11-19-15-4-2-3-5-16(15)24-18(19)22/h2-9H,10-11H2,1H3. The molecule has 0 bridgehead atoms. The Hall–Kier alpha value is -2.73. The van der Waals surface area contributed by atoms with E-state index in [9.17, 15) is 14.4 Å². The molecule has 24 heavy (non-hydrogen) atoms. The van der Waals surface area contributed by atoms with Gasteiger partial charge in [-0.15, -0.1) is 0 Å². The minimum Gasteiger partial charge on any atom is -0.426 e. The molecule has 5 nitrogen and oxygen atoms in total. The van der Waals surface area contributed by atoms with Crippen LogP contribution in [0.15, 0.2) is 53.3 Å². The zero-order valence-electron chi connectivity index (χ0n) is 13.0. The van der Waals surface area contributed by atoms with E-state index in [2.05, 4.69) is 0 Å². The Bertz CT molecular complexity index is 953. The lowest BCUT2D eigenvalue weighted by Crippen LogP contribution is -2.17. The lowest BCUT2D eigenvalue weighted by atomic mass is 10.1. The second-order valence-corrected chi connectivity index (χ2v) is 6.29. The van der Waals surface area contributed by atoms with E-state index in [0.29, 0.717) is 11.3 Å². The fourth-order valence-electron chi connectivity index (χ4n) is 2.37. The van der Waals surface area contributed by atoms with Gasteiger partial charge in [0, 0.05) is 12.1 Å². The number of thiazole rings is 1. The molecule has 0 radical (unpaired) electrons. The number of nitrogens with zero attached hydrogens (tertiary/aromatic N) is 1. The highest BCUT2D eigenvalue weighted by atomic mass is 32.1. The second-order valence-electron chi connectivity index (χ2n) is 5.29. The Balaban J connectivity index is 1.66. The summed E-state index contributed by atoms with van der Waals surface area (Å²) in [6, 6.07) is 13.9. The first kappa shape index (κ1) is 16.1. The van der Waals surface area contributed by atoms with Crippen molar-refractivity contribution in [3.05, 3.63) is 63.8 Å². The molecule has 2 aromatic carbocycles. The van der Waals surface area contributed by atoms with Gasteiger partial charge in [0.05, 0.1) is 16.6 Å². The highest BCUT2D eigenvalue weighted by Gasteiger charge is 2.10. The average Bonchev–Trinajstić information content (AvgIpc) is 2.88. The van der Waals surface area contributed by atoms with E-state index in [1.54, 1.807) is 28.8 Å². The van der Waals surface area contributed by atoms with Gasteiger partial charge < -0.3 is 4.74 Å². The van der Waals surface area contributed by atoms with Gasteiger partial charge in [0.1, 0.15) is 5.75 Å². The third-order valence-electron chi connectivity index (χ3n) is 3.61. The summed E-state index contributed by atoms with van der Waals surface area (Å²) in [6.07, 6.45) is 0.0924. The van der Waals surface area contributed by atoms with Crippen LogP contribution >= 0.6 is 11.3 Å². The molecule has 1 aromatic heterocycles. The Labute approximate surface area is 142 Å². The Morgan fingerprint density at radius 3 is 2.50 bits per heavy atom. The maximum Gasteiger partial charge on any atom is 0.312 e. The molecule has 1 heterocycles. The van der Waals surface area contributed by atoms with E-state index < -0.39 is 5.97 Å². The molecule has 0 unspecified atom stereocenters. The van der Waals surface area contributed by atoms with Crippen molar-refractivity contribution in [2.24, 2.45) is 0 Å². The van der Waals surface area contributed by atoms with Gasteiger partial charge in [-0.1, -0.05) is 23.5 Å². The summed E-state index contributed by atoms with van der Waals surface area (Å²) in [5.74, 6) is -0.0862. The number of aryl methyl sites for hydroxylation is 1. The highest BCUT2D eigenvalue weighted by Crippen LogP contribution is 2.17. The van der Waals surface area contributed by atoms with Crippen LogP contribution in [-0.4, -0.2) is 16.3 Å². The molecule has 0 spiro atoms. The predicted octanol–water partition coefficient (Wildman–Crippen LogP) is 3.26. The molecule has 0 saturated heterocycles. The molecule has 0 aliphatic carbocycles. The van der Waals surface area contributed by atoms with Gasteiger partial charge in [0.25, 0.3) is 0 Å². The third-order valence-corrected chi connectivity index (χ3v) is 4.57. The van der Waals surface area contributed by atoms with E-state index in [4.69, 9.17) is 4.74 Å². The number of para-hydroxylation sites is 1. The van der Waals surface area contributed by atoms with E-state index in [-0.39, 0.29) is 23.6 Å². The molecule has 0 aliphatic rings. The second kappa shape index (κ2) is 6.80. The molecule has 0 saturated carbocycles. The van der Waals surface area contributed by atoms with Crippen molar-refractivity contribution in [3.8, 4) is 5.75 Å². The number of benzene rings is 2. The molecular weight excluding hydrogens is 326 g/mol. The van der Waals surface area contributed by atoms with Gasteiger partial charge in [-0.25, -0.2) is 0 Å². The largest absolute Gasteiger partial charge is 0.426 e. The first-order chi connectivity index (χ1) is 11.5. The molecule has 122 valence electrons. The number of carbonyl (C=O) groups is 2. The lowest BCUT2D eigenvalue weighted by Gasteiger charge is -2.06. The van der Waals surface area contributed by atoms with Crippen LogP contribution in [-0.2, 0) is 11.3 Å². The molecular formula is C18H15NO4S. The van der Waals surface area contributed by atoms with Gasteiger partial charge >= 0.3 is 10.8 Å². The van der Waals surface area contributed by atoms with Crippen LogP contribution in [0, 0.1) is 0 Å². The Morgan fingerprint density at radius 2 is 1.79 bits per heavy atom. The number of ether oxygens (including phenoxy) is 1. The minimum atomic E-state index is -0.423. The molecule has 0 fully saturated rings. The summed E-state index contributed by atoms with van der Waals surface area (Å²) >= 11 is 1.16. The summed E-state index contributed by atoms with van der Waals surface area (Å²) < 4.78 is 7.72. The average molecular weight is 341 g/mol. The summed E-state index contributed by atoms with van der Waals surface area (Å²) in [5, 5.41) is 0. The van der Waals surface area contributed by atoms with E-state index in [1.807, 2.05) is 24.3 Å². The number of rotatable bonds is 5. The van der Waals surface area contributed by atoms with Crippen molar-refractivity contribution in [3.63, 3.8) is 0 Å². The van der Waals surface area contributed by atoms with E-state index in [0.717, 1.165) is 21.6 Å². The van der Waals surface area contributed by atoms with Crippen molar-refractivity contribution in [1.82, 2.24) is 4.57 Å². The van der Waals surface area contributed by atoms with Crippen LogP contribution in [0.4, 0.5) is 0 Å². The van der Waals surface area contributed by atoms with Crippen molar-refractivity contribution in [1.29, 1.82) is 0 Å². The lowest BCUT2D eigenvalue weighted by molar-refractivity contribution is -0.134. The molecule has 6 heteroatoms. The van der Waals surface area contributed by atoms with Crippen LogP contribution < -0.4 is 9.61 Å². The third kappa shape index (κ3) is 3.44. The molecule has 0 aliphatic heterocycles. The van der Waals surface area contributed by atoms with Gasteiger partial charge in [0.15, 0.2) is 5.78 Å². The summed E-state index contributed by atoms with van der Waals surface area (Å²) in [7, 11) is 0. The normalized spacial score (nSPS) is 10.7. The fraction of sp³-hybridized carbons (Fsp3) is 0.167. The molecule has 3 rings (SSSR count). The molecule has 3 aromatic rings. The number of ketones is 1. The van der Waals surface area contributed by atoms with Crippen molar-refractivity contribution < 1.29 is 14.3 Å². The topological polar surface area (TPSA) is 65.4 Å². The summed E-state index contributed by atoms with van der Waals surface area (Å²) in [6.45, 7) is 1.75. The van der Waals surface area contributed by atoms with Crippen molar-refractivity contribution >= 4 is 33.3 Å². The number of carbonyl (C=O) groups excluding carboxylic acids is 2. The smallest absolute Gasteiger partial charge is 0.312 e. The van der Waals surface area contributed by atoms with Crippen LogP contribution in [0.25, 0.3) is 10.2 Å². The zero-order chi connectivity index (χ0) is 17.1. The number of Topliss-reactive ketones (excluding diaryl/α,β-unsaturated/α-hetero) is 1. The predicted molar refractivity (Wildman–Crippen MR) is 92.8 cm³/mol. The Morgan fingerprint density at radius 1 is 1.08 bits per heavy atom. The number of esters is 1. The van der Waals surface area contributed by atoms with Crippen molar-refractivity contribution in [2.45, 2.75) is 19.9 Å². The van der Waals surface area contributed by atoms with E-state index >= 15 is 0 Å². The molecule has 0 atom stereocenters. The summed E-state index contributed by atoms with van der Waals surface area (Å²) in [5.41, 5.74) is 1.39. The SMILES string of the molecule is CC(=O)c1ccc(OC(=O)CCn2c(=O)sc3ccccc32)cc1. The molecule has 0 amide bonds. The highest BCUT2D eigenvalue weighted by molar-refractivity contribution is 7.16. The quantitative estimate of drug-likeness (QED) is 0.406. The molecule has 0 N–H and O–H groups in total. The fourth-order valence-corrected chi connectivity index (χ4v) is 3.29. The van der Waals surface area contributed by atoms with Crippen LogP contribution in [0.2, 0.25) is 0 Å². The minimum absolute atomic E-state index is 0.0448. The number of hydrogen-bond acceptors (Lipinski definition) is 5. The number of hydrogen-bond donors (Lipinski definition) is 0. The van der Waals surface area contributed by atoms with Gasteiger partial charge in [-0.3, -0.25) is 19.0 Å². The monoisotopic (exact) mass is 341 g/mol. The van der Waals surface area contributed by atoms with E-state index in [1.165, 1.54) is 6.92 Å². The maximum atomic E-state index is 12.0. The van der Waals surface area contributed by atoms with Crippen LogP contribution in [0.3, 0.4) is 0 Å². The van der Waals surface area contributed by atoms with Crippen molar-refractivity contribution in [2.75, 3.05) is 0 Å².